The summed E-state index contributed by atoms with van der Waals surface area (Å²) in [6.45, 7) is 7.54. The Labute approximate surface area is 113 Å². The molecule has 4 heteroatoms. The summed E-state index contributed by atoms with van der Waals surface area (Å²) < 4.78 is 0. The number of aryl methyl sites for hydroxylation is 1. The van der Waals surface area contributed by atoms with E-state index in [0.29, 0.717) is 12.0 Å². The van der Waals surface area contributed by atoms with Crippen molar-refractivity contribution in [3.8, 4) is 0 Å². The first-order valence-electron chi connectivity index (χ1n) is 6.33. The number of benzene rings is 1. The molecule has 1 amide bonds. The number of hydrogen-bond donors (Lipinski definition) is 2. The zero-order valence-corrected chi connectivity index (χ0v) is 11.9. The van der Waals surface area contributed by atoms with E-state index < -0.39 is 11.5 Å². The predicted octanol–water partition coefficient (Wildman–Crippen LogP) is 2.68. The Hall–Kier alpha value is -1.84. The third kappa shape index (κ3) is 4.39. The first-order valence-corrected chi connectivity index (χ1v) is 6.33. The average Bonchev–Trinajstić information content (AvgIpc) is 2.29. The molecule has 0 bridgehead atoms. The van der Waals surface area contributed by atoms with Crippen LogP contribution >= 0.6 is 0 Å². The number of aliphatic carboxylic acids is 1. The highest BCUT2D eigenvalue weighted by molar-refractivity contribution is 5.96. The van der Waals surface area contributed by atoms with Crippen LogP contribution in [0.3, 0.4) is 0 Å². The molecule has 1 rings (SSSR count). The van der Waals surface area contributed by atoms with Gasteiger partial charge < -0.3 is 10.4 Å². The number of carbonyl (C=O) groups excluding carboxylic acids is 1. The van der Waals surface area contributed by atoms with Gasteiger partial charge in [-0.25, -0.2) is 0 Å². The van der Waals surface area contributed by atoms with E-state index in [4.69, 9.17) is 5.11 Å². The zero-order chi connectivity index (χ0) is 14.6. The molecule has 0 spiro atoms. The standard InChI is InChI=1S/C15H21NO3/c1-10-6-5-7-12(11(10)2)14(19)16-15(3,4)9-8-13(17)18/h5-7H,8-9H2,1-4H3,(H,16,19)(H,17,18). The van der Waals surface area contributed by atoms with E-state index >= 15 is 0 Å². The topological polar surface area (TPSA) is 66.4 Å². The number of amides is 1. The minimum absolute atomic E-state index is 0.0417. The Kier molecular flexibility index (Phi) is 4.70. The van der Waals surface area contributed by atoms with Gasteiger partial charge in [0.2, 0.25) is 0 Å². The minimum atomic E-state index is -0.853. The van der Waals surface area contributed by atoms with E-state index in [1.165, 1.54) is 0 Å². The van der Waals surface area contributed by atoms with Crippen molar-refractivity contribution in [2.24, 2.45) is 0 Å². The van der Waals surface area contributed by atoms with Gasteiger partial charge in [-0.15, -0.1) is 0 Å². The summed E-state index contributed by atoms with van der Waals surface area (Å²) in [7, 11) is 0. The second kappa shape index (κ2) is 5.87. The van der Waals surface area contributed by atoms with Crippen LogP contribution in [0, 0.1) is 13.8 Å². The molecule has 0 atom stereocenters. The molecule has 1 aromatic carbocycles. The minimum Gasteiger partial charge on any atom is -0.481 e. The highest BCUT2D eigenvalue weighted by Gasteiger charge is 2.23. The van der Waals surface area contributed by atoms with Gasteiger partial charge in [0, 0.05) is 17.5 Å². The molecule has 0 aliphatic rings. The Bertz CT molecular complexity index is 492. The number of rotatable bonds is 5. The molecule has 0 saturated heterocycles. The Morgan fingerprint density at radius 1 is 1.26 bits per heavy atom. The van der Waals surface area contributed by atoms with E-state index in [0.717, 1.165) is 11.1 Å². The first kappa shape index (κ1) is 15.2. The van der Waals surface area contributed by atoms with Crippen molar-refractivity contribution < 1.29 is 14.7 Å². The number of carboxylic acids is 1. The molecule has 0 unspecified atom stereocenters. The summed E-state index contributed by atoms with van der Waals surface area (Å²) in [6.07, 6.45) is 0.443. The van der Waals surface area contributed by atoms with E-state index in [9.17, 15) is 9.59 Å². The fraction of sp³-hybridized carbons (Fsp3) is 0.467. The molecule has 2 N–H and O–H groups in total. The molecule has 104 valence electrons. The van der Waals surface area contributed by atoms with Crippen LogP contribution in [-0.2, 0) is 4.79 Å². The summed E-state index contributed by atoms with van der Waals surface area (Å²) in [4.78, 5) is 22.8. The number of hydrogen-bond acceptors (Lipinski definition) is 2. The fourth-order valence-electron chi connectivity index (χ4n) is 1.85. The Morgan fingerprint density at radius 2 is 1.89 bits per heavy atom. The lowest BCUT2D eigenvalue weighted by Crippen LogP contribution is -2.44. The summed E-state index contributed by atoms with van der Waals surface area (Å²) >= 11 is 0. The van der Waals surface area contributed by atoms with Crippen LogP contribution in [0.15, 0.2) is 18.2 Å². The molecule has 1 aromatic rings. The maximum Gasteiger partial charge on any atom is 0.303 e. The molecule has 19 heavy (non-hydrogen) atoms. The van der Waals surface area contributed by atoms with E-state index in [-0.39, 0.29) is 12.3 Å². The quantitative estimate of drug-likeness (QED) is 0.858. The van der Waals surface area contributed by atoms with E-state index in [1.807, 2.05) is 39.8 Å². The molecule has 0 fully saturated rings. The largest absolute Gasteiger partial charge is 0.481 e. The molecule has 0 saturated carbocycles. The van der Waals surface area contributed by atoms with Crippen molar-refractivity contribution >= 4 is 11.9 Å². The molecular formula is C15H21NO3. The summed E-state index contributed by atoms with van der Waals surface area (Å²) in [5.74, 6) is -1.01. The van der Waals surface area contributed by atoms with Gasteiger partial charge >= 0.3 is 5.97 Å². The smallest absolute Gasteiger partial charge is 0.303 e. The monoisotopic (exact) mass is 263 g/mol. The molecule has 0 aliphatic carbocycles. The van der Waals surface area contributed by atoms with Gasteiger partial charge in [-0.1, -0.05) is 12.1 Å². The fourth-order valence-corrected chi connectivity index (χ4v) is 1.85. The second-order valence-electron chi connectivity index (χ2n) is 5.48. The van der Waals surface area contributed by atoms with Crippen molar-refractivity contribution in [3.05, 3.63) is 34.9 Å². The van der Waals surface area contributed by atoms with Gasteiger partial charge in [0.15, 0.2) is 0 Å². The van der Waals surface area contributed by atoms with Crippen LogP contribution < -0.4 is 5.32 Å². The van der Waals surface area contributed by atoms with Gasteiger partial charge in [-0.05, 0) is 51.3 Å². The summed E-state index contributed by atoms with van der Waals surface area (Å²) in [5.41, 5.74) is 2.12. The van der Waals surface area contributed by atoms with Gasteiger partial charge in [0.25, 0.3) is 5.91 Å². The van der Waals surface area contributed by atoms with Crippen molar-refractivity contribution in [1.29, 1.82) is 0 Å². The van der Waals surface area contributed by atoms with Crippen molar-refractivity contribution in [2.45, 2.75) is 46.1 Å². The van der Waals surface area contributed by atoms with Crippen LogP contribution in [0.1, 0.15) is 48.2 Å². The average molecular weight is 263 g/mol. The SMILES string of the molecule is Cc1cccc(C(=O)NC(C)(C)CCC(=O)O)c1C. The van der Waals surface area contributed by atoms with Crippen LogP contribution in [0.25, 0.3) is 0 Å². The number of nitrogens with one attached hydrogen (secondary N) is 1. The van der Waals surface area contributed by atoms with E-state index in [2.05, 4.69) is 5.32 Å². The normalized spacial score (nSPS) is 11.2. The zero-order valence-electron chi connectivity index (χ0n) is 11.9. The Morgan fingerprint density at radius 3 is 2.47 bits per heavy atom. The Balaban J connectivity index is 2.79. The number of carbonyl (C=O) groups is 2. The maximum absolute atomic E-state index is 12.2. The van der Waals surface area contributed by atoms with Crippen LogP contribution in [0.5, 0.6) is 0 Å². The highest BCUT2D eigenvalue weighted by Crippen LogP contribution is 2.16. The molecular weight excluding hydrogens is 242 g/mol. The van der Waals surface area contributed by atoms with Crippen molar-refractivity contribution in [1.82, 2.24) is 5.32 Å². The van der Waals surface area contributed by atoms with Crippen molar-refractivity contribution in [3.63, 3.8) is 0 Å². The van der Waals surface area contributed by atoms with Crippen LogP contribution in [0.2, 0.25) is 0 Å². The van der Waals surface area contributed by atoms with Crippen LogP contribution in [-0.4, -0.2) is 22.5 Å². The van der Waals surface area contributed by atoms with Crippen molar-refractivity contribution in [2.75, 3.05) is 0 Å². The maximum atomic E-state index is 12.2. The van der Waals surface area contributed by atoms with Gasteiger partial charge in [-0.3, -0.25) is 9.59 Å². The van der Waals surface area contributed by atoms with Crippen LogP contribution in [0.4, 0.5) is 0 Å². The molecule has 0 heterocycles. The lowest BCUT2D eigenvalue weighted by atomic mass is 9.96. The molecule has 0 aliphatic heterocycles. The molecule has 4 nitrogen and oxygen atoms in total. The van der Waals surface area contributed by atoms with Gasteiger partial charge in [0.1, 0.15) is 0 Å². The molecule has 0 aromatic heterocycles. The van der Waals surface area contributed by atoms with E-state index in [1.54, 1.807) is 6.07 Å². The third-order valence-electron chi connectivity index (χ3n) is 3.27. The summed E-state index contributed by atoms with van der Waals surface area (Å²) in [5, 5.41) is 11.6. The van der Waals surface area contributed by atoms with Gasteiger partial charge in [-0.2, -0.15) is 0 Å². The molecule has 0 radical (unpaired) electrons. The lowest BCUT2D eigenvalue weighted by molar-refractivity contribution is -0.137. The highest BCUT2D eigenvalue weighted by atomic mass is 16.4. The number of carboxylic acid groups (broad SMARTS) is 1. The summed E-state index contributed by atoms with van der Waals surface area (Å²) in [6, 6.07) is 5.59. The lowest BCUT2D eigenvalue weighted by Gasteiger charge is -2.26. The van der Waals surface area contributed by atoms with Gasteiger partial charge in [0.05, 0.1) is 0 Å². The first-order chi connectivity index (χ1) is 8.73. The predicted molar refractivity (Wildman–Crippen MR) is 74.3 cm³/mol. The third-order valence-corrected chi connectivity index (χ3v) is 3.27. The second-order valence-corrected chi connectivity index (χ2v) is 5.48.